The molecule has 10 nitrogen and oxygen atoms in total. The fourth-order valence-electron chi connectivity index (χ4n) is 1.88. The maximum absolute atomic E-state index is 11.8. The van der Waals surface area contributed by atoms with Crippen molar-refractivity contribution in [1.82, 2.24) is 0 Å². The van der Waals surface area contributed by atoms with Crippen LogP contribution in [0.25, 0.3) is 10.8 Å². The molecule has 0 aliphatic heterocycles. The summed E-state index contributed by atoms with van der Waals surface area (Å²) < 4.78 is 38.9. The Kier molecular flexibility index (Phi) is 11.3. The Labute approximate surface area is 204 Å². The van der Waals surface area contributed by atoms with Crippen molar-refractivity contribution in [3.63, 3.8) is 0 Å². The standard InChI is InChI=1S/C14H14O10P2.2Na/c1-21-25(17,18)23-13(15)11-5-3-10-8-12(6-4-9(10)7-11)14(16)24-26(19,20)22-2;;/h3-8H,1-2H3,(H,17,18)(H,19,20);;/q;2*+1/p-2. The van der Waals surface area contributed by atoms with Crippen molar-refractivity contribution < 1.29 is 106 Å². The fraction of sp³-hybridized carbons (Fsp3) is 0.143. The Morgan fingerprint density at radius 3 is 1.36 bits per heavy atom. The van der Waals surface area contributed by atoms with Crippen LogP contribution in [0.4, 0.5) is 0 Å². The summed E-state index contributed by atoms with van der Waals surface area (Å²) in [5.74, 6) is -2.27. The molecule has 2 aromatic rings. The van der Waals surface area contributed by atoms with Gasteiger partial charge in [-0.25, -0.2) is 9.59 Å². The van der Waals surface area contributed by atoms with E-state index in [0.29, 0.717) is 10.8 Å². The van der Waals surface area contributed by atoms with E-state index in [1.807, 2.05) is 0 Å². The van der Waals surface area contributed by atoms with Gasteiger partial charge in [0.15, 0.2) is 0 Å². The second-order valence-corrected chi connectivity index (χ2v) is 7.68. The van der Waals surface area contributed by atoms with Gasteiger partial charge in [0.05, 0.1) is 11.1 Å². The molecule has 14 heteroatoms. The molecule has 28 heavy (non-hydrogen) atoms. The Morgan fingerprint density at radius 2 is 1.07 bits per heavy atom. The zero-order chi connectivity index (χ0) is 19.5. The number of phosphoric acid groups is 2. The fourth-order valence-corrected chi connectivity index (χ4v) is 2.65. The van der Waals surface area contributed by atoms with Crippen LogP contribution in [0, 0.1) is 0 Å². The van der Waals surface area contributed by atoms with Gasteiger partial charge in [0.1, 0.15) is 0 Å². The molecule has 2 atom stereocenters. The molecule has 0 aromatic heterocycles. The van der Waals surface area contributed by atoms with Crippen LogP contribution in [0.2, 0.25) is 0 Å². The van der Waals surface area contributed by atoms with E-state index in [0.717, 1.165) is 14.2 Å². The van der Waals surface area contributed by atoms with Crippen molar-refractivity contribution in [2.45, 2.75) is 0 Å². The van der Waals surface area contributed by atoms with Crippen molar-refractivity contribution in [3.05, 3.63) is 47.5 Å². The van der Waals surface area contributed by atoms with E-state index in [1.165, 1.54) is 36.4 Å². The van der Waals surface area contributed by atoms with Crippen LogP contribution in [-0.4, -0.2) is 26.2 Å². The first-order valence-electron chi connectivity index (χ1n) is 6.82. The summed E-state index contributed by atoms with van der Waals surface area (Å²) in [5.41, 5.74) is -0.131. The third kappa shape index (κ3) is 7.65. The smallest absolute Gasteiger partial charge is 0.746 e. The van der Waals surface area contributed by atoms with Gasteiger partial charge >= 0.3 is 86.7 Å². The van der Waals surface area contributed by atoms with E-state index in [9.17, 15) is 28.5 Å². The Morgan fingerprint density at radius 1 is 0.750 bits per heavy atom. The molecule has 0 aliphatic carbocycles. The largest absolute Gasteiger partial charge is 1.00 e. The predicted molar refractivity (Wildman–Crippen MR) is 84.0 cm³/mol. The van der Waals surface area contributed by atoms with Gasteiger partial charge in [-0.05, 0) is 35.0 Å². The minimum atomic E-state index is -4.73. The summed E-state index contributed by atoms with van der Waals surface area (Å²) in [4.78, 5) is 45.9. The van der Waals surface area contributed by atoms with Gasteiger partial charge in [0.2, 0.25) is 0 Å². The van der Waals surface area contributed by atoms with Crippen molar-refractivity contribution >= 4 is 38.4 Å². The van der Waals surface area contributed by atoms with Gasteiger partial charge in [-0.15, -0.1) is 0 Å². The Hall–Kier alpha value is -0.0600. The summed E-state index contributed by atoms with van der Waals surface area (Å²) in [5, 5.41) is 0.928. The Balaban J connectivity index is 0.00000364. The molecular formula is C14H12Na2O10P2. The van der Waals surface area contributed by atoms with Crippen LogP contribution in [0.3, 0.4) is 0 Å². The van der Waals surface area contributed by atoms with Gasteiger partial charge in [-0.1, -0.05) is 12.1 Å². The molecule has 2 aromatic carbocycles. The average molecular weight is 448 g/mol. The number of rotatable bonds is 6. The molecule has 140 valence electrons. The molecule has 0 spiro atoms. The molecule has 0 amide bonds. The van der Waals surface area contributed by atoms with E-state index in [-0.39, 0.29) is 70.2 Å². The third-order valence-electron chi connectivity index (χ3n) is 3.15. The van der Waals surface area contributed by atoms with Crippen molar-refractivity contribution in [2.24, 2.45) is 0 Å². The maximum atomic E-state index is 11.8. The number of hydrogen-bond acceptors (Lipinski definition) is 10. The average Bonchev–Trinajstić information content (AvgIpc) is 2.60. The minimum Gasteiger partial charge on any atom is -0.746 e. The summed E-state index contributed by atoms with van der Waals surface area (Å²) in [6.45, 7) is 0. The third-order valence-corrected chi connectivity index (χ3v) is 4.82. The predicted octanol–water partition coefficient (Wildman–Crippen LogP) is -4.61. The van der Waals surface area contributed by atoms with E-state index in [4.69, 9.17) is 0 Å². The summed E-state index contributed by atoms with van der Waals surface area (Å²) in [7, 11) is -7.75. The minimum absolute atomic E-state index is 0. The van der Waals surface area contributed by atoms with Crippen LogP contribution in [0.15, 0.2) is 36.4 Å². The topological polar surface area (TPSA) is 151 Å². The first kappa shape index (κ1) is 27.9. The van der Waals surface area contributed by atoms with Crippen molar-refractivity contribution in [1.29, 1.82) is 0 Å². The van der Waals surface area contributed by atoms with Gasteiger partial charge in [0.25, 0.3) is 0 Å². The second-order valence-electron chi connectivity index (χ2n) is 4.79. The Bertz CT molecular complexity index is 887. The number of fused-ring (bicyclic) bond motifs is 1. The van der Waals surface area contributed by atoms with Crippen LogP contribution in [0.5, 0.6) is 0 Å². The first-order valence-corrected chi connectivity index (χ1v) is 9.74. The van der Waals surface area contributed by atoms with Crippen LogP contribution < -0.4 is 68.9 Å². The normalized spacial score (nSPS) is 14.6. The van der Waals surface area contributed by atoms with Crippen LogP contribution in [0.1, 0.15) is 20.7 Å². The monoisotopic (exact) mass is 448 g/mol. The quantitative estimate of drug-likeness (QED) is 0.312. The first-order chi connectivity index (χ1) is 12.1. The van der Waals surface area contributed by atoms with E-state index in [1.54, 1.807) is 0 Å². The van der Waals surface area contributed by atoms with Gasteiger partial charge in [-0.3, -0.25) is 9.13 Å². The van der Waals surface area contributed by atoms with E-state index < -0.39 is 27.6 Å². The number of benzene rings is 2. The molecule has 0 fully saturated rings. The van der Waals surface area contributed by atoms with Crippen LogP contribution in [-0.2, 0) is 27.2 Å². The number of carbonyl (C=O) groups is 2. The molecule has 0 N–H and O–H groups in total. The summed E-state index contributed by atoms with van der Waals surface area (Å²) >= 11 is 0. The number of hydrogen-bond donors (Lipinski definition) is 0. The maximum Gasteiger partial charge on any atom is 1.00 e. The molecule has 0 saturated heterocycles. The number of phosphoric ester groups is 2. The molecule has 0 heterocycles. The van der Waals surface area contributed by atoms with Gasteiger partial charge in [0, 0.05) is 14.2 Å². The van der Waals surface area contributed by atoms with E-state index in [2.05, 4.69) is 18.1 Å². The molecular weight excluding hydrogens is 436 g/mol. The van der Waals surface area contributed by atoms with Crippen molar-refractivity contribution in [3.8, 4) is 0 Å². The summed E-state index contributed by atoms with van der Waals surface area (Å²) in [6.07, 6.45) is 0. The molecule has 0 radical (unpaired) electrons. The van der Waals surface area contributed by atoms with Crippen LogP contribution >= 0.6 is 15.6 Å². The molecule has 2 rings (SSSR count). The van der Waals surface area contributed by atoms with E-state index >= 15 is 0 Å². The molecule has 0 aliphatic rings. The second kappa shape index (κ2) is 11.4. The molecule has 2 unspecified atom stereocenters. The zero-order valence-electron chi connectivity index (χ0n) is 15.4. The molecule has 0 saturated carbocycles. The molecule has 0 bridgehead atoms. The van der Waals surface area contributed by atoms with Crippen molar-refractivity contribution in [2.75, 3.05) is 14.2 Å². The van der Waals surface area contributed by atoms with Gasteiger partial charge in [-0.2, -0.15) is 0 Å². The SMILES string of the molecule is COP(=O)([O-])OC(=O)c1ccc2cc(C(=O)OP(=O)([O-])OC)ccc2c1.[Na+].[Na+]. The summed E-state index contributed by atoms with van der Waals surface area (Å²) in [6, 6.07) is 8.02. The van der Waals surface area contributed by atoms with Gasteiger partial charge < -0.3 is 27.9 Å². The number of carbonyl (C=O) groups excluding carboxylic acids is 2. The zero-order valence-corrected chi connectivity index (χ0v) is 21.2.